The first kappa shape index (κ1) is 17.7. The Morgan fingerprint density at radius 2 is 2.00 bits per heavy atom. The van der Waals surface area contributed by atoms with E-state index in [1.54, 1.807) is 7.11 Å². The maximum Gasteiger partial charge on any atom is 0.226 e. The molecular weight excluding hydrogens is 364 g/mol. The summed E-state index contributed by atoms with van der Waals surface area (Å²) in [5, 5.41) is 8.20. The molecule has 6 heteroatoms. The van der Waals surface area contributed by atoms with E-state index in [1.165, 1.54) is 0 Å². The molecule has 1 atom stereocenters. The van der Waals surface area contributed by atoms with Crippen LogP contribution in [0.5, 0.6) is 5.75 Å². The van der Waals surface area contributed by atoms with Gasteiger partial charge in [-0.05, 0) is 31.9 Å². The van der Waals surface area contributed by atoms with Crippen molar-refractivity contribution in [2.75, 3.05) is 12.4 Å². The molecule has 0 saturated heterocycles. The predicted octanol–water partition coefficient (Wildman–Crippen LogP) is 4.28. The molecule has 2 aliphatic rings. The number of anilines is 1. The van der Waals surface area contributed by atoms with Gasteiger partial charge in [-0.15, -0.1) is 5.10 Å². The Hall–Kier alpha value is -3.41. The summed E-state index contributed by atoms with van der Waals surface area (Å²) in [6, 6.07) is 15.6. The van der Waals surface area contributed by atoms with Crippen molar-refractivity contribution in [1.82, 2.24) is 14.8 Å². The van der Waals surface area contributed by atoms with E-state index < -0.39 is 0 Å². The lowest BCUT2D eigenvalue weighted by Crippen LogP contribution is -2.31. The number of aromatic nitrogens is 3. The second-order valence-corrected chi connectivity index (χ2v) is 7.51. The van der Waals surface area contributed by atoms with E-state index in [-0.39, 0.29) is 11.8 Å². The number of carbonyl (C=O) groups excluding carboxylic acids is 1. The zero-order valence-electron chi connectivity index (χ0n) is 16.5. The highest BCUT2D eigenvalue weighted by Gasteiger charge is 2.38. The van der Waals surface area contributed by atoms with Crippen molar-refractivity contribution in [3.05, 3.63) is 70.9 Å². The number of hydrogen-bond acceptors (Lipinski definition) is 5. The smallest absolute Gasteiger partial charge is 0.226 e. The normalized spacial score (nSPS) is 18.1. The lowest BCUT2D eigenvalue weighted by Gasteiger charge is -2.32. The summed E-state index contributed by atoms with van der Waals surface area (Å²) >= 11 is 0. The summed E-state index contributed by atoms with van der Waals surface area (Å²) in [6.45, 7) is 2.05. The lowest BCUT2D eigenvalue weighted by atomic mass is 9.85. The van der Waals surface area contributed by atoms with Crippen molar-refractivity contribution in [2.24, 2.45) is 0 Å². The highest BCUT2D eigenvalue weighted by atomic mass is 16.5. The van der Waals surface area contributed by atoms with Crippen LogP contribution in [-0.4, -0.2) is 27.7 Å². The van der Waals surface area contributed by atoms with E-state index in [2.05, 4.69) is 11.4 Å². The Morgan fingerprint density at radius 3 is 2.83 bits per heavy atom. The number of allylic oxidation sites excluding steroid dienone is 2. The average Bonchev–Trinajstić information content (AvgIpc) is 3.16. The molecule has 146 valence electrons. The minimum Gasteiger partial charge on any atom is -0.496 e. The van der Waals surface area contributed by atoms with Crippen molar-refractivity contribution in [1.29, 1.82) is 0 Å². The number of para-hydroxylation sites is 1. The first-order valence-corrected chi connectivity index (χ1v) is 9.85. The van der Waals surface area contributed by atoms with Crippen LogP contribution in [-0.2, 0) is 4.79 Å². The number of Topliss-reactive ketones (excluding diaryl/α,β-unsaturated/α-hetero) is 1. The average molecular weight is 386 g/mol. The minimum atomic E-state index is -0.351. The number of nitrogens with zero attached hydrogens (tertiary/aromatic N) is 3. The van der Waals surface area contributed by atoms with E-state index in [9.17, 15) is 4.79 Å². The van der Waals surface area contributed by atoms with Gasteiger partial charge in [0.25, 0.3) is 0 Å². The molecule has 1 aromatic heterocycles. The van der Waals surface area contributed by atoms with Gasteiger partial charge in [0.1, 0.15) is 11.8 Å². The van der Waals surface area contributed by atoms with Crippen LogP contribution in [0.3, 0.4) is 0 Å². The third-order valence-electron chi connectivity index (χ3n) is 5.58. The monoisotopic (exact) mass is 386 g/mol. The van der Waals surface area contributed by atoms with Crippen molar-refractivity contribution in [2.45, 2.75) is 32.2 Å². The third-order valence-corrected chi connectivity index (χ3v) is 5.58. The number of aryl methyl sites for hydroxylation is 1. The van der Waals surface area contributed by atoms with Crippen molar-refractivity contribution >= 4 is 11.7 Å². The number of rotatable bonds is 3. The van der Waals surface area contributed by atoms with E-state index in [1.807, 2.05) is 54.1 Å². The fourth-order valence-corrected chi connectivity index (χ4v) is 4.24. The molecule has 3 aromatic rings. The Balaban J connectivity index is 1.71. The molecule has 0 bridgehead atoms. The largest absolute Gasteiger partial charge is 0.496 e. The van der Waals surface area contributed by atoms with Gasteiger partial charge in [-0.25, -0.2) is 4.68 Å². The van der Waals surface area contributed by atoms with Crippen molar-refractivity contribution in [3.8, 4) is 17.1 Å². The topological polar surface area (TPSA) is 69.0 Å². The molecule has 0 saturated carbocycles. The van der Waals surface area contributed by atoms with Crippen LogP contribution in [0.25, 0.3) is 11.4 Å². The van der Waals surface area contributed by atoms with Crippen LogP contribution in [0.1, 0.15) is 36.4 Å². The van der Waals surface area contributed by atoms with Crippen molar-refractivity contribution in [3.63, 3.8) is 0 Å². The number of ketones is 1. The van der Waals surface area contributed by atoms with Gasteiger partial charge < -0.3 is 10.1 Å². The summed E-state index contributed by atoms with van der Waals surface area (Å²) in [5.74, 6) is 2.20. The van der Waals surface area contributed by atoms with Gasteiger partial charge in [-0.1, -0.05) is 42.0 Å². The number of benzene rings is 2. The number of fused-ring (bicyclic) bond motifs is 1. The Morgan fingerprint density at radius 1 is 1.14 bits per heavy atom. The van der Waals surface area contributed by atoms with Crippen LogP contribution < -0.4 is 10.1 Å². The van der Waals surface area contributed by atoms with E-state index in [4.69, 9.17) is 14.8 Å². The van der Waals surface area contributed by atoms with Gasteiger partial charge in [0, 0.05) is 28.8 Å². The zero-order valence-corrected chi connectivity index (χ0v) is 16.5. The summed E-state index contributed by atoms with van der Waals surface area (Å²) in [6.07, 6.45) is 2.24. The fourth-order valence-electron chi connectivity index (χ4n) is 4.24. The summed E-state index contributed by atoms with van der Waals surface area (Å²) < 4.78 is 7.45. The molecule has 6 nitrogen and oxygen atoms in total. The van der Waals surface area contributed by atoms with Gasteiger partial charge in [-0.2, -0.15) is 4.98 Å². The molecule has 0 radical (unpaired) electrons. The molecule has 5 rings (SSSR count). The molecule has 0 amide bonds. The number of ether oxygens (including phenoxy) is 1. The van der Waals surface area contributed by atoms with Gasteiger partial charge in [0.15, 0.2) is 11.6 Å². The molecule has 0 unspecified atom stereocenters. The maximum absolute atomic E-state index is 12.9. The quantitative estimate of drug-likeness (QED) is 0.727. The first-order chi connectivity index (χ1) is 14.2. The van der Waals surface area contributed by atoms with Gasteiger partial charge in [0.2, 0.25) is 5.95 Å². The maximum atomic E-state index is 12.9. The number of carbonyl (C=O) groups is 1. The Bertz CT molecular complexity index is 1150. The summed E-state index contributed by atoms with van der Waals surface area (Å²) in [7, 11) is 1.65. The zero-order chi connectivity index (χ0) is 20.0. The molecule has 1 aliphatic heterocycles. The van der Waals surface area contributed by atoms with Gasteiger partial charge in [-0.3, -0.25) is 4.79 Å². The Labute approximate surface area is 169 Å². The lowest BCUT2D eigenvalue weighted by molar-refractivity contribution is -0.116. The number of nitrogens with one attached hydrogen (secondary N) is 1. The molecule has 0 spiro atoms. The van der Waals surface area contributed by atoms with Crippen LogP contribution in [0.4, 0.5) is 5.95 Å². The second kappa shape index (κ2) is 6.88. The second-order valence-electron chi connectivity index (χ2n) is 7.51. The van der Waals surface area contributed by atoms with E-state index in [0.717, 1.165) is 46.6 Å². The van der Waals surface area contributed by atoms with Crippen LogP contribution in [0, 0.1) is 6.92 Å². The third kappa shape index (κ3) is 2.92. The molecule has 2 heterocycles. The first-order valence-electron chi connectivity index (χ1n) is 9.85. The highest BCUT2D eigenvalue weighted by Crippen LogP contribution is 2.43. The van der Waals surface area contributed by atoms with Crippen molar-refractivity contribution < 1.29 is 9.53 Å². The molecule has 1 N–H and O–H groups in total. The number of hydrogen-bond donors (Lipinski definition) is 1. The fraction of sp³-hybridized carbons (Fsp3) is 0.261. The van der Waals surface area contributed by atoms with Crippen LogP contribution >= 0.6 is 0 Å². The molecular formula is C23H22N4O2. The van der Waals surface area contributed by atoms with Crippen LogP contribution in [0.15, 0.2) is 59.8 Å². The number of methoxy groups -OCH3 is 1. The molecule has 29 heavy (non-hydrogen) atoms. The molecule has 0 fully saturated rings. The summed E-state index contributed by atoms with van der Waals surface area (Å²) in [4.78, 5) is 17.7. The van der Waals surface area contributed by atoms with Gasteiger partial charge in [0.05, 0.1) is 7.11 Å². The molecule has 2 aromatic carbocycles. The standard InChI is InChI=1S/C23H22N4O2/c1-14-7-5-8-15(13-14)22-25-23-24-17-10-6-11-18(28)20(17)21(27(23)26-22)16-9-3-4-12-19(16)29-2/h3-5,7-9,12-13,21H,6,10-11H2,1-2H3,(H,24,25,26)/t21-/m1/s1. The highest BCUT2D eigenvalue weighted by molar-refractivity contribution is 5.99. The minimum absolute atomic E-state index is 0.160. The van der Waals surface area contributed by atoms with E-state index in [0.29, 0.717) is 18.2 Å². The Kier molecular flexibility index (Phi) is 4.19. The van der Waals surface area contributed by atoms with Gasteiger partial charge >= 0.3 is 0 Å². The SMILES string of the molecule is COc1ccccc1[C@@H]1C2=C(CCCC2=O)Nc2nc(-c3cccc(C)c3)nn21. The summed E-state index contributed by atoms with van der Waals surface area (Å²) in [5.41, 5.74) is 4.75. The van der Waals surface area contributed by atoms with E-state index >= 15 is 0 Å². The molecule has 1 aliphatic carbocycles. The van der Waals surface area contributed by atoms with Crippen LogP contribution in [0.2, 0.25) is 0 Å². The predicted molar refractivity (Wildman–Crippen MR) is 111 cm³/mol.